The summed E-state index contributed by atoms with van der Waals surface area (Å²) >= 11 is 0. The highest BCUT2D eigenvalue weighted by molar-refractivity contribution is 6.02. The van der Waals surface area contributed by atoms with Crippen LogP contribution in [-0.4, -0.2) is 32.7 Å². The molecule has 0 saturated carbocycles. The van der Waals surface area contributed by atoms with Crippen LogP contribution in [0.5, 0.6) is 11.5 Å². The number of urea groups is 1. The number of rotatable bonds is 6. The molecule has 3 aromatic rings. The molecule has 0 unspecified atom stereocenters. The number of fused-ring (bicyclic) bond motifs is 1. The van der Waals surface area contributed by atoms with Gasteiger partial charge in [0.2, 0.25) is 0 Å². The standard InChI is InChI=1S/C27H29N3O4/c1-33-23-14-15-25(34-2)21(17-23)18-28-26(31)20-10-12-22(13-11-20)29-27(32)30-16-6-5-8-19-7-3-4-9-24(19)30/h3-4,7,9-15,17H,5-6,8,16,18H2,1-2H3,(H,28,31)(H,29,32). The molecule has 0 spiro atoms. The molecule has 1 aliphatic heterocycles. The van der Waals surface area contributed by atoms with Crippen LogP contribution < -0.4 is 25.0 Å². The molecule has 7 nitrogen and oxygen atoms in total. The summed E-state index contributed by atoms with van der Waals surface area (Å²) < 4.78 is 10.6. The molecule has 176 valence electrons. The molecule has 4 rings (SSSR count). The molecule has 0 bridgehead atoms. The van der Waals surface area contributed by atoms with Gasteiger partial charge in [-0.2, -0.15) is 0 Å². The van der Waals surface area contributed by atoms with Gasteiger partial charge in [-0.3, -0.25) is 9.69 Å². The molecule has 0 aromatic heterocycles. The van der Waals surface area contributed by atoms with Gasteiger partial charge in [0, 0.05) is 35.6 Å². The average Bonchev–Trinajstić information content (AvgIpc) is 3.10. The fraction of sp³-hybridized carbons (Fsp3) is 0.259. The molecule has 34 heavy (non-hydrogen) atoms. The molecule has 2 N–H and O–H groups in total. The van der Waals surface area contributed by atoms with Crippen molar-refractivity contribution in [2.75, 3.05) is 31.0 Å². The third kappa shape index (κ3) is 5.31. The normalized spacial score (nSPS) is 12.8. The third-order valence-electron chi connectivity index (χ3n) is 5.93. The van der Waals surface area contributed by atoms with Crippen molar-refractivity contribution in [3.63, 3.8) is 0 Å². The monoisotopic (exact) mass is 459 g/mol. The second-order valence-corrected chi connectivity index (χ2v) is 8.11. The number of hydrogen-bond donors (Lipinski definition) is 2. The first kappa shape index (κ1) is 23.2. The second-order valence-electron chi connectivity index (χ2n) is 8.11. The van der Waals surface area contributed by atoms with E-state index in [2.05, 4.69) is 16.7 Å². The summed E-state index contributed by atoms with van der Waals surface area (Å²) in [5.41, 5.74) is 4.10. The summed E-state index contributed by atoms with van der Waals surface area (Å²) in [4.78, 5) is 27.4. The number of nitrogens with zero attached hydrogens (tertiary/aromatic N) is 1. The molecule has 3 aromatic carbocycles. The van der Waals surface area contributed by atoms with Crippen molar-refractivity contribution in [1.29, 1.82) is 0 Å². The number of anilines is 2. The summed E-state index contributed by atoms with van der Waals surface area (Å²) in [6.45, 7) is 0.975. The predicted molar refractivity (Wildman–Crippen MR) is 133 cm³/mol. The third-order valence-corrected chi connectivity index (χ3v) is 5.93. The first-order valence-electron chi connectivity index (χ1n) is 11.3. The van der Waals surface area contributed by atoms with Crippen molar-refractivity contribution < 1.29 is 19.1 Å². The number of nitrogens with one attached hydrogen (secondary N) is 2. The molecular formula is C27H29N3O4. The molecule has 0 aliphatic carbocycles. The van der Waals surface area contributed by atoms with Gasteiger partial charge in [0.1, 0.15) is 11.5 Å². The van der Waals surface area contributed by atoms with E-state index in [1.54, 1.807) is 55.5 Å². The van der Waals surface area contributed by atoms with Crippen LogP contribution in [0, 0.1) is 0 Å². The zero-order chi connectivity index (χ0) is 23.9. The van der Waals surface area contributed by atoms with E-state index >= 15 is 0 Å². The van der Waals surface area contributed by atoms with E-state index in [9.17, 15) is 9.59 Å². The lowest BCUT2D eigenvalue weighted by atomic mass is 10.1. The molecule has 1 heterocycles. The smallest absolute Gasteiger partial charge is 0.326 e. The van der Waals surface area contributed by atoms with Gasteiger partial charge in [-0.25, -0.2) is 4.79 Å². The summed E-state index contributed by atoms with van der Waals surface area (Å²) in [5.74, 6) is 1.15. The van der Waals surface area contributed by atoms with Gasteiger partial charge in [0.25, 0.3) is 5.91 Å². The van der Waals surface area contributed by atoms with E-state index in [4.69, 9.17) is 9.47 Å². The number of ether oxygens (including phenoxy) is 2. The molecule has 0 atom stereocenters. The Balaban J connectivity index is 1.39. The second kappa shape index (κ2) is 10.7. The van der Waals surface area contributed by atoms with E-state index in [1.807, 2.05) is 24.3 Å². The van der Waals surface area contributed by atoms with Gasteiger partial charge >= 0.3 is 6.03 Å². The van der Waals surface area contributed by atoms with Crippen LogP contribution >= 0.6 is 0 Å². The first-order chi connectivity index (χ1) is 16.6. The summed E-state index contributed by atoms with van der Waals surface area (Å²) in [5, 5.41) is 5.86. The van der Waals surface area contributed by atoms with Gasteiger partial charge in [0.15, 0.2) is 0 Å². The number of carbonyl (C=O) groups is 2. The number of aryl methyl sites for hydroxylation is 1. The molecule has 3 amide bonds. The quantitative estimate of drug-likeness (QED) is 0.543. The van der Waals surface area contributed by atoms with Crippen molar-refractivity contribution >= 4 is 23.3 Å². The fourth-order valence-electron chi connectivity index (χ4n) is 4.10. The van der Waals surface area contributed by atoms with Gasteiger partial charge in [0.05, 0.1) is 14.2 Å². The van der Waals surface area contributed by atoms with Crippen LogP contribution in [0.1, 0.15) is 34.3 Å². The molecule has 0 fully saturated rings. The highest BCUT2D eigenvalue weighted by Gasteiger charge is 2.21. The number of para-hydroxylation sites is 1. The Hall–Kier alpha value is -4.00. The Morgan fingerprint density at radius 1 is 0.941 bits per heavy atom. The van der Waals surface area contributed by atoms with Crippen LogP contribution in [0.2, 0.25) is 0 Å². The summed E-state index contributed by atoms with van der Waals surface area (Å²) in [6, 6.07) is 20.2. The Morgan fingerprint density at radius 3 is 2.50 bits per heavy atom. The fourth-order valence-corrected chi connectivity index (χ4v) is 4.10. The minimum Gasteiger partial charge on any atom is -0.497 e. The van der Waals surface area contributed by atoms with Crippen molar-refractivity contribution in [3.8, 4) is 11.5 Å². The van der Waals surface area contributed by atoms with Gasteiger partial charge in [-0.05, 0) is 73.4 Å². The predicted octanol–water partition coefficient (Wildman–Crippen LogP) is 5.01. The van der Waals surface area contributed by atoms with Gasteiger partial charge in [-0.1, -0.05) is 18.2 Å². The van der Waals surface area contributed by atoms with Crippen molar-refractivity contribution in [2.45, 2.75) is 25.8 Å². The molecule has 7 heteroatoms. The van der Waals surface area contributed by atoms with E-state index in [-0.39, 0.29) is 11.9 Å². The van der Waals surface area contributed by atoms with E-state index in [0.717, 1.165) is 30.5 Å². The maximum atomic E-state index is 13.0. The zero-order valence-electron chi connectivity index (χ0n) is 19.5. The molecule has 0 saturated heterocycles. The highest BCUT2D eigenvalue weighted by Crippen LogP contribution is 2.27. The van der Waals surface area contributed by atoms with Crippen LogP contribution in [0.15, 0.2) is 66.7 Å². The number of methoxy groups -OCH3 is 2. The Bertz CT molecular complexity index is 1160. The zero-order valence-corrected chi connectivity index (χ0v) is 19.5. The molecule has 1 aliphatic rings. The summed E-state index contributed by atoms with van der Waals surface area (Å²) in [6.07, 6.45) is 3.00. The minimum absolute atomic E-state index is 0.170. The lowest BCUT2D eigenvalue weighted by Gasteiger charge is -2.23. The summed E-state index contributed by atoms with van der Waals surface area (Å²) in [7, 11) is 3.18. The van der Waals surface area contributed by atoms with E-state index in [1.165, 1.54) is 5.56 Å². The van der Waals surface area contributed by atoms with E-state index in [0.29, 0.717) is 35.8 Å². The van der Waals surface area contributed by atoms with Crippen molar-refractivity contribution in [1.82, 2.24) is 5.32 Å². The SMILES string of the molecule is COc1ccc(OC)c(CNC(=O)c2ccc(NC(=O)N3CCCCc4ccccc43)cc2)c1. The maximum Gasteiger partial charge on any atom is 0.326 e. The van der Waals surface area contributed by atoms with Crippen LogP contribution in [-0.2, 0) is 13.0 Å². The average molecular weight is 460 g/mol. The Labute approximate surface area is 199 Å². The molecular weight excluding hydrogens is 430 g/mol. The van der Waals surface area contributed by atoms with Crippen molar-refractivity contribution in [2.24, 2.45) is 0 Å². The van der Waals surface area contributed by atoms with Gasteiger partial charge < -0.3 is 20.1 Å². The topological polar surface area (TPSA) is 79.9 Å². The lowest BCUT2D eigenvalue weighted by Crippen LogP contribution is -2.35. The highest BCUT2D eigenvalue weighted by atomic mass is 16.5. The van der Waals surface area contributed by atoms with E-state index < -0.39 is 0 Å². The Morgan fingerprint density at radius 2 is 1.74 bits per heavy atom. The van der Waals surface area contributed by atoms with Crippen molar-refractivity contribution in [3.05, 3.63) is 83.4 Å². The maximum absolute atomic E-state index is 13.0. The lowest BCUT2D eigenvalue weighted by molar-refractivity contribution is 0.0950. The van der Waals surface area contributed by atoms with Crippen LogP contribution in [0.4, 0.5) is 16.2 Å². The largest absolute Gasteiger partial charge is 0.497 e. The van der Waals surface area contributed by atoms with Crippen LogP contribution in [0.25, 0.3) is 0 Å². The Kier molecular flexibility index (Phi) is 7.32. The number of amides is 3. The number of hydrogen-bond acceptors (Lipinski definition) is 4. The number of benzene rings is 3. The first-order valence-corrected chi connectivity index (χ1v) is 11.3. The van der Waals surface area contributed by atoms with Crippen LogP contribution in [0.3, 0.4) is 0 Å². The minimum atomic E-state index is -0.218. The van der Waals surface area contributed by atoms with Gasteiger partial charge in [-0.15, -0.1) is 0 Å². The molecule has 0 radical (unpaired) electrons. The number of carbonyl (C=O) groups excluding carboxylic acids is 2.